The lowest BCUT2D eigenvalue weighted by molar-refractivity contribution is 0.0971. The molecule has 0 amide bonds. The second kappa shape index (κ2) is 6.39. The summed E-state index contributed by atoms with van der Waals surface area (Å²) in [4.78, 5) is 11.8. The summed E-state index contributed by atoms with van der Waals surface area (Å²) < 4.78 is 28.9. The molecule has 0 heterocycles. The van der Waals surface area contributed by atoms with Gasteiger partial charge in [0.1, 0.15) is 12.4 Å². The van der Waals surface area contributed by atoms with E-state index in [4.69, 9.17) is 4.74 Å². The fourth-order valence-corrected chi connectivity index (χ4v) is 3.64. The zero-order valence-electron chi connectivity index (χ0n) is 11.7. The molecule has 0 unspecified atom stereocenters. The van der Waals surface area contributed by atoms with Gasteiger partial charge in [-0.3, -0.25) is 4.79 Å². The van der Waals surface area contributed by atoms with E-state index < -0.39 is 9.84 Å². The fraction of sp³-hybridized carbons (Fsp3) is 0.533. The van der Waals surface area contributed by atoms with Crippen molar-refractivity contribution in [2.45, 2.75) is 32.6 Å². The van der Waals surface area contributed by atoms with Crippen LogP contribution >= 0.6 is 0 Å². The van der Waals surface area contributed by atoms with E-state index in [2.05, 4.69) is 0 Å². The quantitative estimate of drug-likeness (QED) is 0.809. The summed E-state index contributed by atoms with van der Waals surface area (Å²) in [7, 11) is -3.03. The monoisotopic (exact) mass is 296 g/mol. The van der Waals surface area contributed by atoms with Crippen LogP contribution in [0.2, 0.25) is 0 Å². The van der Waals surface area contributed by atoms with Crippen LogP contribution in [0.25, 0.3) is 0 Å². The first-order valence-corrected chi connectivity index (χ1v) is 8.84. The molecule has 20 heavy (non-hydrogen) atoms. The number of carbonyl (C=O) groups is 1. The Labute approximate surface area is 120 Å². The molecule has 1 aliphatic rings. The van der Waals surface area contributed by atoms with Crippen LogP contribution in [-0.2, 0) is 16.3 Å². The van der Waals surface area contributed by atoms with Crippen LogP contribution < -0.4 is 4.74 Å². The molecule has 0 fully saturated rings. The van der Waals surface area contributed by atoms with Crippen molar-refractivity contribution in [2.24, 2.45) is 0 Å². The Morgan fingerprint density at radius 2 is 2.00 bits per heavy atom. The van der Waals surface area contributed by atoms with Crippen LogP contribution in [-0.4, -0.2) is 32.3 Å². The largest absolute Gasteiger partial charge is 0.492 e. The standard InChI is InChI=1S/C15H20O4S/c1-2-10-20(17,18)11-9-19-15-8-4-5-12-13(15)6-3-7-14(12)16/h4-5,8H,2-3,6-7,9-11H2,1H3. The molecule has 0 spiro atoms. The summed E-state index contributed by atoms with van der Waals surface area (Å²) in [6.07, 6.45) is 2.86. The minimum Gasteiger partial charge on any atom is -0.492 e. The van der Waals surface area contributed by atoms with Crippen molar-refractivity contribution in [2.75, 3.05) is 18.1 Å². The summed E-state index contributed by atoms with van der Waals surface area (Å²) in [5, 5.41) is 0. The van der Waals surface area contributed by atoms with E-state index in [9.17, 15) is 13.2 Å². The average molecular weight is 296 g/mol. The van der Waals surface area contributed by atoms with Crippen LogP contribution in [0.15, 0.2) is 18.2 Å². The van der Waals surface area contributed by atoms with Crippen molar-refractivity contribution >= 4 is 15.6 Å². The van der Waals surface area contributed by atoms with Gasteiger partial charge in [0, 0.05) is 17.5 Å². The van der Waals surface area contributed by atoms with Gasteiger partial charge in [-0.1, -0.05) is 19.1 Å². The molecule has 1 aromatic rings. The van der Waals surface area contributed by atoms with Crippen molar-refractivity contribution in [1.82, 2.24) is 0 Å². The molecule has 0 bridgehead atoms. The van der Waals surface area contributed by atoms with Crippen LogP contribution in [0.3, 0.4) is 0 Å². The predicted octanol–water partition coefficient (Wildman–Crippen LogP) is 2.41. The number of ketones is 1. The van der Waals surface area contributed by atoms with Gasteiger partial charge in [0.05, 0.1) is 11.5 Å². The van der Waals surface area contributed by atoms with Crippen molar-refractivity contribution in [3.05, 3.63) is 29.3 Å². The van der Waals surface area contributed by atoms with Gasteiger partial charge in [0.2, 0.25) is 0 Å². The molecule has 4 nitrogen and oxygen atoms in total. The first-order chi connectivity index (χ1) is 9.53. The van der Waals surface area contributed by atoms with Crippen molar-refractivity contribution in [1.29, 1.82) is 0 Å². The Bertz CT molecular complexity index is 590. The van der Waals surface area contributed by atoms with E-state index >= 15 is 0 Å². The number of hydrogen-bond acceptors (Lipinski definition) is 4. The van der Waals surface area contributed by atoms with Gasteiger partial charge in [-0.05, 0) is 25.3 Å². The van der Waals surface area contributed by atoms with Crippen LogP contribution in [0, 0.1) is 0 Å². The lowest BCUT2D eigenvalue weighted by Crippen LogP contribution is -2.18. The Morgan fingerprint density at radius 1 is 1.20 bits per heavy atom. The second-order valence-corrected chi connectivity index (χ2v) is 7.36. The predicted molar refractivity (Wildman–Crippen MR) is 78.2 cm³/mol. The normalized spacial score (nSPS) is 14.9. The average Bonchev–Trinajstić information content (AvgIpc) is 2.39. The third-order valence-electron chi connectivity index (χ3n) is 3.43. The lowest BCUT2D eigenvalue weighted by atomic mass is 9.90. The van der Waals surface area contributed by atoms with Crippen LogP contribution in [0.5, 0.6) is 5.75 Å². The van der Waals surface area contributed by atoms with E-state index in [1.807, 2.05) is 19.1 Å². The van der Waals surface area contributed by atoms with E-state index in [-0.39, 0.29) is 23.9 Å². The van der Waals surface area contributed by atoms with E-state index in [0.717, 1.165) is 24.0 Å². The minimum atomic E-state index is -3.03. The fourth-order valence-electron chi connectivity index (χ4n) is 2.47. The zero-order valence-corrected chi connectivity index (χ0v) is 12.5. The first kappa shape index (κ1) is 15.0. The highest BCUT2D eigenvalue weighted by atomic mass is 32.2. The van der Waals surface area contributed by atoms with Gasteiger partial charge in [0.25, 0.3) is 0 Å². The summed E-state index contributed by atoms with van der Waals surface area (Å²) in [5.74, 6) is 1.03. The van der Waals surface area contributed by atoms with E-state index in [1.54, 1.807) is 6.07 Å². The van der Waals surface area contributed by atoms with Gasteiger partial charge in [-0.15, -0.1) is 0 Å². The topological polar surface area (TPSA) is 60.4 Å². The van der Waals surface area contributed by atoms with Gasteiger partial charge in [0.15, 0.2) is 15.6 Å². The molecule has 0 N–H and O–H groups in total. The van der Waals surface area contributed by atoms with Gasteiger partial charge in [-0.25, -0.2) is 8.42 Å². The highest BCUT2D eigenvalue weighted by Gasteiger charge is 2.20. The molecule has 1 aliphatic carbocycles. The molecular weight excluding hydrogens is 276 g/mol. The molecule has 0 saturated heterocycles. The maximum atomic E-state index is 11.8. The summed E-state index contributed by atoms with van der Waals surface area (Å²) >= 11 is 0. The Hall–Kier alpha value is -1.36. The van der Waals surface area contributed by atoms with Gasteiger partial charge in [-0.2, -0.15) is 0 Å². The lowest BCUT2D eigenvalue weighted by Gasteiger charge is -2.18. The molecule has 110 valence electrons. The van der Waals surface area contributed by atoms with E-state index in [0.29, 0.717) is 18.6 Å². The first-order valence-electron chi connectivity index (χ1n) is 7.02. The number of fused-ring (bicyclic) bond motifs is 1. The van der Waals surface area contributed by atoms with Crippen LogP contribution in [0.1, 0.15) is 42.1 Å². The smallest absolute Gasteiger partial charge is 0.163 e. The van der Waals surface area contributed by atoms with E-state index in [1.165, 1.54) is 0 Å². The number of Topliss-reactive ketones (excluding diaryl/α,β-unsaturated/α-hetero) is 1. The van der Waals surface area contributed by atoms with Crippen molar-refractivity contribution < 1.29 is 17.9 Å². The Balaban J connectivity index is 2.04. The van der Waals surface area contributed by atoms with Crippen LogP contribution in [0.4, 0.5) is 0 Å². The molecule has 0 aromatic heterocycles. The molecule has 0 aliphatic heterocycles. The Kier molecular flexibility index (Phi) is 4.81. The number of ether oxygens (including phenoxy) is 1. The third-order valence-corrected chi connectivity index (χ3v) is 5.25. The maximum absolute atomic E-state index is 11.8. The SMILES string of the molecule is CCCS(=O)(=O)CCOc1cccc2c1CCCC2=O. The van der Waals surface area contributed by atoms with Gasteiger partial charge >= 0.3 is 0 Å². The second-order valence-electron chi connectivity index (χ2n) is 5.06. The van der Waals surface area contributed by atoms with Crippen molar-refractivity contribution in [3.8, 4) is 5.75 Å². The highest BCUT2D eigenvalue weighted by molar-refractivity contribution is 7.91. The molecule has 2 rings (SSSR count). The number of hydrogen-bond donors (Lipinski definition) is 0. The maximum Gasteiger partial charge on any atom is 0.163 e. The summed E-state index contributed by atoms with van der Waals surface area (Å²) in [6, 6.07) is 5.42. The number of carbonyl (C=O) groups excluding carboxylic acids is 1. The summed E-state index contributed by atoms with van der Waals surface area (Å²) in [5.41, 5.74) is 1.65. The van der Waals surface area contributed by atoms with Gasteiger partial charge < -0.3 is 4.74 Å². The minimum absolute atomic E-state index is 0.0262. The Morgan fingerprint density at radius 3 is 2.75 bits per heavy atom. The molecule has 0 radical (unpaired) electrons. The molecule has 5 heteroatoms. The van der Waals surface area contributed by atoms with Crippen molar-refractivity contribution in [3.63, 3.8) is 0 Å². The highest BCUT2D eigenvalue weighted by Crippen LogP contribution is 2.29. The third kappa shape index (κ3) is 3.60. The summed E-state index contributed by atoms with van der Waals surface area (Å²) in [6.45, 7) is 1.99. The number of benzene rings is 1. The molecular formula is C15H20O4S. The number of sulfone groups is 1. The molecule has 0 atom stereocenters. The zero-order chi connectivity index (χ0) is 14.6. The molecule has 1 aromatic carbocycles. The number of rotatable bonds is 6. The molecule has 0 saturated carbocycles.